The van der Waals surface area contributed by atoms with E-state index in [1.165, 1.54) is 5.56 Å². The molecule has 1 aromatic heterocycles. The number of carbonyl (C=O) groups is 1. The smallest absolute Gasteiger partial charge is 0.261 e. The van der Waals surface area contributed by atoms with E-state index in [1.54, 1.807) is 4.90 Å². The molecule has 0 atom stereocenters. The molecule has 0 unspecified atom stereocenters. The number of halogens is 1. The van der Waals surface area contributed by atoms with E-state index in [0.717, 1.165) is 10.0 Å². The van der Waals surface area contributed by atoms with Gasteiger partial charge in [-0.1, -0.05) is 55.4 Å². The van der Waals surface area contributed by atoms with Gasteiger partial charge in [-0.05, 0) is 53.4 Å². The summed E-state index contributed by atoms with van der Waals surface area (Å²) in [6, 6.07) is 15.5. The van der Waals surface area contributed by atoms with Crippen molar-refractivity contribution < 1.29 is 14.1 Å². The van der Waals surface area contributed by atoms with Crippen LogP contribution in [0.1, 0.15) is 45.1 Å². The Morgan fingerprint density at radius 1 is 1.13 bits per heavy atom. The lowest BCUT2D eigenvalue weighted by molar-refractivity contribution is -0.136. The molecule has 2 aromatic carbocycles. The number of ether oxygens (including phenoxy) is 1. The highest BCUT2D eigenvalue weighted by atomic mass is 79.9. The fraction of sp³-hybridized carbons (Fsp3) is 0.348. The normalized spacial score (nSPS) is 11.2. The molecule has 0 radical (unpaired) electrons. The molecule has 0 N–H and O–H groups in total. The number of nitrogens with zero attached hydrogens (tertiary/aromatic N) is 3. The Kier molecular flexibility index (Phi) is 7.26. The number of carbonyl (C=O) groups excluding carboxylic acids is 1. The standard InChI is InChI=1S/C23H26BrN3O3/c1-15(2)18-10-11-20(19(24)12-18)29-14-22(28)27(16(3)4)13-21-25-23(26-30-21)17-8-6-5-7-9-17/h5-12,15-16H,13-14H2,1-4H3. The Morgan fingerprint density at radius 3 is 2.50 bits per heavy atom. The van der Waals surface area contributed by atoms with E-state index in [4.69, 9.17) is 9.26 Å². The maximum absolute atomic E-state index is 12.8. The van der Waals surface area contributed by atoms with Crippen molar-refractivity contribution in [1.82, 2.24) is 15.0 Å². The Hall–Kier alpha value is -2.67. The molecule has 3 aromatic rings. The van der Waals surface area contributed by atoms with Crippen LogP contribution in [0.15, 0.2) is 57.5 Å². The molecule has 1 heterocycles. The van der Waals surface area contributed by atoms with Crippen molar-refractivity contribution in [3.63, 3.8) is 0 Å². The first-order valence-electron chi connectivity index (χ1n) is 9.95. The maximum atomic E-state index is 12.8. The largest absolute Gasteiger partial charge is 0.483 e. The minimum atomic E-state index is -0.149. The average molecular weight is 472 g/mol. The van der Waals surface area contributed by atoms with Crippen molar-refractivity contribution >= 4 is 21.8 Å². The predicted molar refractivity (Wildman–Crippen MR) is 119 cm³/mol. The Morgan fingerprint density at radius 2 is 1.87 bits per heavy atom. The number of hydrogen-bond acceptors (Lipinski definition) is 5. The molecule has 6 nitrogen and oxygen atoms in total. The summed E-state index contributed by atoms with van der Waals surface area (Å²) in [5.41, 5.74) is 2.07. The molecule has 3 rings (SSSR count). The van der Waals surface area contributed by atoms with Crippen LogP contribution in [0.3, 0.4) is 0 Å². The summed E-state index contributed by atoms with van der Waals surface area (Å²) in [6.07, 6.45) is 0. The van der Waals surface area contributed by atoms with E-state index in [1.807, 2.05) is 62.4 Å². The highest BCUT2D eigenvalue weighted by molar-refractivity contribution is 9.10. The fourth-order valence-electron chi connectivity index (χ4n) is 2.94. The second-order valence-corrected chi connectivity index (χ2v) is 8.48. The number of hydrogen-bond donors (Lipinski definition) is 0. The molecule has 7 heteroatoms. The van der Waals surface area contributed by atoms with Gasteiger partial charge < -0.3 is 14.2 Å². The summed E-state index contributed by atoms with van der Waals surface area (Å²) < 4.78 is 12.0. The van der Waals surface area contributed by atoms with Gasteiger partial charge in [0.1, 0.15) is 12.3 Å². The topological polar surface area (TPSA) is 68.5 Å². The van der Waals surface area contributed by atoms with Gasteiger partial charge in [0.05, 0.1) is 4.47 Å². The zero-order chi connectivity index (χ0) is 21.7. The van der Waals surface area contributed by atoms with Crippen LogP contribution in [0.25, 0.3) is 11.4 Å². The van der Waals surface area contributed by atoms with Gasteiger partial charge in [-0.15, -0.1) is 0 Å². The van der Waals surface area contributed by atoms with Crippen LogP contribution in [-0.2, 0) is 11.3 Å². The SMILES string of the molecule is CC(C)c1ccc(OCC(=O)N(Cc2nc(-c3ccccc3)no2)C(C)C)c(Br)c1. The lowest BCUT2D eigenvalue weighted by atomic mass is 10.0. The van der Waals surface area contributed by atoms with Gasteiger partial charge in [-0.3, -0.25) is 4.79 Å². The summed E-state index contributed by atoms with van der Waals surface area (Å²) in [4.78, 5) is 18.9. The second-order valence-electron chi connectivity index (χ2n) is 7.63. The van der Waals surface area contributed by atoms with E-state index >= 15 is 0 Å². The lowest BCUT2D eigenvalue weighted by Crippen LogP contribution is -2.39. The van der Waals surface area contributed by atoms with Crippen LogP contribution in [0.2, 0.25) is 0 Å². The van der Waals surface area contributed by atoms with E-state index in [9.17, 15) is 4.79 Å². The molecular formula is C23H26BrN3O3. The zero-order valence-corrected chi connectivity index (χ0v) is 19.2. The minimum absolute atomic E-state index is 0.0417. The van der Waals surface area contributed by atoms with E-state index < -0.39 is 0 Å². The molecule has 1 amide bonds. The summed E-state index contributed by atoms with van der Waals surface area (Å²) in [5.74, 6) is 1.80. The number of rotatable bonds is 8. The van der Waals surface area contributed by atoms with Gasteiger partial charge in [0.25, 0.3) is 5.91 Å². The zero-order valence-electron chi connectivity index (χ0n) is 17.6. The third-order valence-corrected chi connectivity index (χ3v) is 5.34. The highest BCUT2D eigenvalue weighted by Crippen LogP contribution is 2.29. The van der Waals surface area contributed by atoms with Crippen molar-refractivity contribution in [3.05, 3.63) is 64.5 Å². The van der Waals surface area contributed by atoms with Gasteiger partial charge in [-0.25, -0.2) is 0 Å². The molecule has 0 aliphatic heterocycles. The summed E-state index contributed by atoms with van der Waals surface area (Å²) >= 11 is 3.53. The third kappa shape index (κ3) is 5.48. The van der Waals surface area contributed by atoms with Crippen LogP contribution >= 0.6 is 15.9 Å². The molecule has 0 bridgehead atoms. The van der Waals surface area contributed by atoms with Crippen LogP contribution in [0.4, 0.5) is 0 Å². The van der Waals surface area contributed by atoms with Gasteiger partial charge in [0.2, 0.25) is 11.7 Å². The van der Waals surface area contributed by atoms with Crippen molar-refractivity contribution in [2.75, 3.05) is 6.61 Å². The maximum Gasteiger partial charge on any atom is 0.261 e. The molecular weight excluding hydrogens is 446 g/mol. The first-order valence-corrected chi connectivity index (χ1v) is 10.7. The fourth-order valence-corrected chi connectivity index (χ4v) is 3.45. The van der Waals surface area contributed by atoms with Crippen molar-refractivity contribution in [1.29, 1.82) is 0 Å². The molecule has 0 aliphatic carbocycles. The quantitative estimate of drug-likeness (QED) is 0.437. The molecule has 0 spiro atoms. The molecule has 0 saturated carbocycles. The number of aromatic nitrogens is 2. The monoisotopic (exact) mass is 471 g/mol. The van der Waals surface area contributed by atoms with Gasteiger partial charge in [-0.2, -0.15) is 4.98 Å². The van der Waals surface area contributed by atoms with E-state index in [2.05, 4.69) is 39.9 Å². The number of benzene rings is 2. The van der Waals surface area contributed by atoms with Crippen LogP contribution < -0.4 is 4.74 Å². The predicted octanol–water partition coefficient (Wildman–Crippen LogP) is 5.44. The van der Waals surface area contributed by atoms with Crippen molar-refractivity contribution in [2.45, 2.75) is 46.2 Å². The number of amides is 1. The highest BCUT2D eigenvalue weighted by Gasteiger charge is 2.21. The lowest BCUT2D eigenvalue weighted by Gasteiger charge is -2.25. The minimum Gasteiger partial charge on any atom is -0.483 e. The molecule has 30 heavy (non-hydrogen) atoms. The second kappa shape index (κ2) is 9.89. The van der Waals surface area contributed by atoms with E-state index in [-0.39, 0.29) is 25.1 Å². The van der Waals surface area contributed by atoms with Crippen LogP contribution in [0.5, 0.6) is 5.75 Å². The molecule has 0 saturated heterocycles. The molecule has 0 aliphatic rings. The van der Waals surface area contributed by atoms with Crippen molar-refractivity contribution in [3.8, 4) is 17.1 Å². The third-order valence-electron chi connectivity index (χ3n) is 4.72. The van der Waals surface area contributed by atoms with Gasteiger partial charge in [0, 0.05) is 11.6 Å². The first kappa shape index (κ1) is 22.0. The summed E-state index contributed by atoms with van der Waals surface area (Å²) in [7, 11) is 0. The summed E-state index contributed by atoms with van der Waals surface area (Å²) in [5, 5.41) is 4.02. The molecule has 158 valence electrons. The Balaban J connectivity index is 1.65. The van der Waals surface area contributed by atoms with Crippen LogP contribution in [-0.4, -0.2) is 33.6 Å². The van der Waals surface area contributed by atoms with Crippen LogP contribution in [0, 0.1) is 0 Å². The Labute approximate surface area is 185 Å². The average Bonchev–Trinajstić information content (AvgIpc) is 3.20. The van der Waals surface area contributed by atoms with E-state index in [0.29, 0.717) is 23.4 Å². The first-order chi connectivity index (χ1) is 14.3. The Bertz CT molecular complexity index is 986. The van der Waals surface area contributed by atoms with Gasteiger partial charge in [0.15, 0.2) is 6.61 Å². The van der Waals surface area contributed by atoms with Crippen molar-refractivity contribution in [2.24, 2.45) is 0 Å². The summed E-state index contributed by atoms with van der Waals surface area (Å²) in [6.45, 7) is 8.31. The van der Waals surface area contributed by atoms with Gasteiger partial charge >= 0.3 is 0 Å². The molecule has 0 fully saturated rings.